The average molecular weight is 372 g/mol. The first-order chi connectivity index (χ1) is 13.1. The Morgan fingerprint density at radius 2 is 2.19 bits per heavy atom. The van der Waals surface area contributed by atoms with Crippen LogP contribution in [0.2, 0.25) is 0 Å². The second-order valence-corrected chi connectivity index (χ2v) is 6.38. The number of carbonyl (C=O) groups is 1. The minimum absolute atomic E-state index is 0.0890. The van der Waals surface area contributed by atoms with Crippen molar-refractivity contribution in [1.29, 1.82) is 0 Å². The van der Waals surface area contributed by atoms with E-state index in [0.29, 0.717) is 37.3 Å². The predicted octanol–water partition coefficient (Wildman–Crippen LogP) is 0.295. The maximum absolute atomic E-state index is 11.6. The molecule has 0 unspecified atom stereocenters. The molecule has 4 rings (SSSR count). The number of carbonyl (C=O) groups excluding carboxylic acids is 1. The lowest BCUT2D eigenvalue weighted by Gasteiger charge is -2.27. The maximum Gasteiger partial charge on any atom is 0.254 e. The van der Waals surface area contributed by atoms with Crippen LogP contribution in [-0.4, -0.2) is 59.5 Å². The number of primary amides is 1. The SMILES string of the molecule is NC(=O)c1cnc(Nc2ccc3c(c2)NC[C@H](O)CO3)nc1NC1COC1. The van der Waals surface area contributed by atoms with E-state index in [0.717, 1.165) is 11.4 Å². The van der Waals surface area contributed by atoms with E-state index in [1.54, 1.807) is 6.07 Å². The summed E-state index contributed by atoms with van der Waals surface area (Å²) in [5.41, 5.74) is 7.11. The summed E-state index contributed by atoms with van der Waals surface area (Å²) in [7, 11) is 0. The first-order valence-electron chi connectivity index (χ1n) is 8.55. The number of fused-ring (bicyclic) bond motifs is 1. The van der Waals surface area contributed by atoms with Crippen molar-refractivity contribution in [2.75, 3.05) is 42.3 Å². The number of aliphatic hydroxyl groups is 1. The third kappa shape index (κ3) is 3.86. The Bertz CT molecular complexity index is 857. The molecule has 3 heterocycles. The molecule has 1 atom stereocenters. The van der Waals surface area contributed by atoms with Gasteiger partial charge in [-0.15, -0.1) is 0 Å². The van der Waals surface area contributed by atoms with Crippen molar-refractivity contribution in [2.45, 2.75) is 12.1 Å². The molecule has 1 aromatic heterocycles. The molecule has 1 saturated heterocycles. The molecule has 27 heavy (non-hydrogen) atoms. The minimum Gasteiger partial charge on any atom is -0.489 e. The number of ether oxygens (including phenoxy) is 2. The van der Waals surface area contributed by atoms with Gasteiger partial charge in [0.2, 0.25) is 5.95 Å². The van der Waals surface area contributed by atoms with E-state index in [2.05, 4.69) is 25.9 Å². The van der Waals surface area contributed by atoms with E-state index in [9.17, 15) is 9.90 Å². The van der Waals surface area contributed by atoms with Crippen molar-refractivity contribution in [3.05, 3.63) is 30.0 Å². The summed E-state index contributed by atoms with van der Waals surface area (Å²) in [6.45, 7) is 1.74. The molecule has 0 saturated carbocycles. The quantitative estimate of drug-likeness (QED) is 0.500. The van der Waals surface area contributed by atoms with E-state index in [1.165, 1.54) is 6.20 Å². The van der Waals surface area contributed by atoms with Crippen LogP contribution >= 0.6 is 0 Å². The summed E-state index contributed by atoms with van der Waals surface area (Å²) in [6, 6.07) is 5.54. The van der Waals surface area contributed by atoms with E-state index in [1.807, 2.05) is 12.1 Å². The molecule has 2 aliphatic rings. The molecule has 1 aromatic carbocycles. The van der Waals surface area contributed by atoms with E-state index >= 15 is 0 Å². The van der Waals surface area contributed by atoms with Gasteiger partial charge in [0.25, 0.3) is 5.91 Å². The summed E-state index contributed by atoms with van der Waals surface area (Å²) < 4.78 is 10.7. The molecule has 2 aromatic rings. The molecule has 2 aliphatic heterocycles. The smallest absolute Gasteiger partial charge is 0.254 e. The number of β-amino-alcohol motifs (C(OH)–C–C–N with tert-alkyl or cyclic N) is 1. The number of nitrogens with zero attached hydrogens (tertiary/aromatic N) is 2. The number of rotatable bonds is 5. The van der Waals surface area contributed by atoms with Gasteiger partial charge in [-0.25, -0.2) is 4.98 Å². The maximum atomic E-state index is 11.6. The third-order valence-electron chi connectivity index (χ3n) is 4.23. The summed E-state index contributed by atoms with van der Waals surface area (Å²) >= 11 is 0. The Morgan fingerprint density at radius 3 is 2.93 bits per heavy atom. The molecule has 6 N–H and O–H groups in total. The fraction of sp³-hybridized carbons (Fsp3) is 0.353. The van der Waals surface area contributed by atoms with Crippen molar-refractivity contribution in [3.8, 4) is 5.75 Å². The van der Waals surface area contributed by atoms with Gasteiger partial charge in [0.05, 0.1) is 30.5 Å². The number of hydrogen-bond acceptors (Lipinski definition) is 9. The van der Waals surface area contributed by atoms with Crippen LogP contribution in [0.25, 0.3) is 0 Å². The van der Waals surface area contributed by atoms with Crippen molar-refractivity contribution < 1.29 is 19.4 Å². The number of nitrogens with one attached hydrogen (secondary N) is 3. The molecule has 142 valence electrons. The number of aliphatic hydroxyl groups excluding tert-OH is 1. The van der Waals surface area contributed by atoms with Crippen LogP contribution in [0.15, 0.2) is 24.4 Å². The van der Waals surface area contributed by atoms with Crippen molar-refractivity contribution >= 4 is 29.0 Å². The Labute approximate surface area is 155 Å². The lowest BCUT2D eigenvalue weighted by Crippen LogP contribution is -2.41. The van der Waals surface area contributed by atoms with Crippen LogP contribution in [0.4, 0.5) is 23.1 Å². The Kier molecular flexibility index (Phi) is 4.65. The highest BCUT2D eigenvalue weighted by atomic mass is 16.5. The van der Waals surface area contributed by atoms with Crippen LogP contribution in [-0.2, 0) is 4.74 Å². The molecule has 10 heteroatoms. The second kappa shape index (κ2) is 7.25. The molecule has 0 radical (unpaired) electrons. The number of amides is 1. The first-order valence-corrected chi connectivity index (χ1v) is 8.55. The minimum atomic E-state index is -0.603. The molecule has 1 amide bonds. The standard InChI is InChI=1S/C17H20N6O4/c18-15(25)12-5-20-17(23-16(12)21-10-6-26-7-10)22-9-1-2-14-13(3-9)19-4-11(24)8-27-14/h1-3,5,10-11,19,24H,4,6-8H2,(H2,18,25)(H2,20,21,22,23)/t11-/m0/s1. The van der Waals surface area contributed by atoms with Crippen LogP contribution in [0, 0.1) is 0 Å². The van der Waals surface area contributed by atoms with Crippen LogP contribution in [0.3, 0.4) is 0 Å². The van der Waals surface area contributed by atoms with Crippen molar-refractivity contribution in [2.24, 2.45) is 5.73 Å². The molecule has 0 bridgehead atoms. The van der Waals surface area contributed by atoms with Gasteiger partial charge in [0.1, 0.15) is 24.3 Å². The van der Waals surface area contributed by atoms with Gasteiger partial charge in [0.15, 0.2) is 0 Å². The summed E-state index contributed by atoms with van der Waals surface area (Å²) in [4.78, 5) is 20.1. The number of aromatic nitrogens is 2. The zero-order valence-electron chi connectivity index (χ0n) is 14.4. The highest BCUT2D eigenvalue weighted by Gasteiger charge is 2.22. The summed E-state index contributed by atoms with van der Waals surface area (Å²) in [5.74, 6) is 0.744. The molecule has 10 nitrogen and oxygen atoms in total. The number of hydrogen-bond donors (Lipinski definition) is 5. The summed E-state index contributed by atoms with van der Waals surface area (Å²) in [5, 5.41) is 19.1. The van der Waals surface area contributed by atoms with Gasteiger partial charge in [-0.2, -0.15) is 4.98 Å². The predicted molar refractivity (Wildman–Crippen MR) is 98.5 cm³/mol. The normalized spacial score (nSPS) is 18.9. The van der Waals surface area contributed by atoms with Gasteiger partial charge >= 0.3 is 0 Å². The van der Waals surface area contributed by atoms with Gasteiger partial charge < -0.3 is 36.3 Å². The lowest BCUT2D eigenvalue weighted by molar-refractivity contribution is 0.0209. The van der Waals surface area contributed by atoms with Crippen LogP contribution in [0.1, 0.15) is 10.4 Å². The number of anilines is 4. The highest BCUT2D eigenvalue weighted by Crippen LogP contribution is 2.31. The van der Waals surface area contributed by atoms with Crippen molar-refractivity contribution in [1.82, 2.24) is 9.97 Å². The van der Waals surface area contributed by atoms with E-state index < -0.39 is 12.0 Å². The second-order valence-electron chi connectivity index (χ2n) is 6.38. The molecule has 0 spiro atoms. The first kappa shape index (κ1) is 17.3. The average Bonchev–Trinajstić information content (AvgIpc) is 2.80. The lowest BCUT2D eigenvalue weighted by atomic mass is 10.2. The van der Waals surface area contributed by atoms with Gasteiger partial charge in [-0.05, 0) is 18.2 Å². The topological polar surface area (TPSA) is 144 Å². The van der Waals surface area contributed by atoms with E-state index in [-0.39, 0.29) is 18.2 Å². The van der Waals surface area contributed by atoms with E-state index in [4.69, 9.17) is 15.2 Å². The summed E-state index contributed by atoms with van der Waals surface area (Å²) in [6.07, 6.45) is 0.823. The van der Waals surface area contributed by atoms with Crippen molar-refractivity contribution in [3.63, 3.8) is 0 Å². The Morgan fingerprint density at radius 1 is 1.33 bits per heavy atom. The third-order valence-corrected chi connectivity index (χ3v) is 4.23. The van der Waals surface area contributed by atoms with Gasteiger partial charge in [0, 0.05) is 18.4 Å². The zero-order valence-corrected chi connectivity index (χ0v) is 14.4. The Balaban J connectivity index is 1.55. The van der Waals surface area contributed by atoms with Gasteiger partial charge in [-0.1, -0.05) is 0 Å². The molecular formula is C17H20N6O4. The highest BCUT2D eigenvalue weighted by molar-refractivity contribution is 5.97. The van der Waals surface area contributed by atoms with Gasteiger partial charge in [-0.3, -0.25) is 4.79 Å². The fourth-order valence-electron chi connectivity index (χ4n) is 2.72. The largest absolute Gasteiger partial charge is 0.489 e. The fourth-order valence-corrected chi connectivity index (χ4v) is 2.72. The van der Waals surface area contributed by atoms with Crippen LogP contribution in [0.5, 0.6) is 5.75 Å². The Hall–Kier alpha value is -3.11. The molecule has 1 fully saturated rings. The number of benzene rings is 1. The van der Waals surface area contributed by atoms with Crippen LogP contribution < -0.4 is 26.4 Å². The number of nitrogens with two attached hydrogens (primary N) is 1. The molecular weight excluding hydrogens is 352 g/mol. The monoisotopic (exact) mass is 372 g/mol. The zero-order chi connectivity index (χ0) is 18.8. The molecule has 0 aliphatic carbocycles.